The Kier molecular flexibility index (Phi) is 3.39. The van der Waals surface area contributed by atoms with Gasteiger partial charge in [0.25, 0.3) is 0 Å². The minimum absolute atomic E-state index is 0.114. The van der Waals surface area contributed by atoms with Gasteiger partial charge in [-0.25, -0.2) is 4.98 Å². The molecule has 1 N–H and O–H groups in total. The third-order valence-electron chi connectivity index (χ3n) is 4.25. The highest BCUT2D eigenvalue weighted by molar-refractivity contribution is 5.43. The first-order valence-corrected chi connectivity index (χ1v) is 7.06. The molecule has 100 valence electrons. The summed E-state index contributed by atoms with van der Waals surface area (Å²) in [6.45, 7) is 0.829. The van der Waals surface area contributed by atoms with Gasteiger partial charge in [-0.2, -0.15) is 5.26 Å². The molecule has 4 nitrogen and oxygen atoms in total. The maximum Gasteiger partial charge on any atom is 0.127 e. The Morgan fingerprint density at radius 1 is 1.42 bits per heavy atom. The minimum Gasteiger partial charge on any atom is -0.375 e. The molecule has 0 radical (unpaired) electrons. The molecule has 1 saturated carbocycles. The molecule has 1 aromatic rings. The fraction of sp³-hybridized carbons (Fsp3) is 0.600. The summed E-state index contributed by atoms with van der Waals surface area (Å²) < 4.78 is 6.03. The maximum atomic E-state index is 8.91. The summed E-state index contributed by atoms with van der Waals surface area (Å²) in [4.78, 5) is 4.29. The number of nitrogens with zero attached hydrogens (tertiary/aromatic N) is 2. The van der Waals surface area contributed by atoms with Gasteiger partial charge in [0.05, 0.1) is 17.2 Å². The van der Waals surface area contributed by atoms with Crippen LogP contribution in [-0.4, -0.2) is 23.2 Å². The predicted molar refractivity (Wildman–Crippen MR) is 72.7 cm³/mol. The van der Waals surface area contributed by atoms with E-state index >= 15 is 0 Å². The minimum atomic E-state index is 0.114. The standard InChI is InChI=1S/C15H19N3O/c16-11-12-3-7-17-14(9-12)18-13-4-8-19-15(10-13)5-1-2-6-15/h3,7,9,13H,1-2,4-6,8,10H2,(H,17,18)/t13-/m0/s1. The summed E-state index contributed by atoms with van der Waals surface area (Å²) >= 11 is 0. The Morgan fingerprint density at radius 3 is 3.05 bits per heavy atom. The van der Waals surface area contributed by atoms with Crippen LogP contribution in [0.25, 0.3) is 0 Å². The number of rotatable bonds is 2. The molecule has 1 spiro atoms. The lowest BCUT2D eigenvalue weighted by Gasteiger charge is -2.38. The first kappa shape index (κ1) is 12.4. The molecule has 1 aliphatic carbocycles. The Hall–Kier alpha value is -1.60. The second-order valence-electron chi connectivity index (χ2n) is 5.61. The third kappa shape index (κ3) is 2.71. The summed E-state index contributed by atoms with van der Waals surface area (Å²) in [5.74, 6) is 0.805. The van der Waals surface area contributed by atoms with Gasteiger partial charge >= 0.3 is 0 Å². The molecule has 2 fully saturated rings. The summed E-state index contributed by atoms with van der Waals surface area (Å²) in [5.41, 5.74) is 0.767. The Labute approximate surface area is 113 Å². The molecule has 0 bridgehead atoms. The lowest BCUT2D eigenvalue weighted by Crippen LogP contribution is -2.42. The average molecular weight is 257 g/mol. The second-order valence-corrected chi connectivity index (χ2v) is 5.61. The number of pyridine rings is 1. The monoisotopic (exact) mass is 257 g/mol. The lowest BCUT2D eigenvalue weighted by molar-refractivity contribution is -0.0767. The van der Waals surface area contributed by atoms with Crippen LogP contribution in [0, 0.1) is 11.3 Å². The molecule has 1 saturated heterocycles. The molecule has 0 unspecified atom stereocenters. The van der Waals surface area contributed by atoms with Gasteiger partial charge in [0.15, 0.2) is 0 Å². The molecule has 0 amide bonds. The van der Waals surface area contributed by atoms with Crippen molar-refractivity contribution in [3.8, 4) is 6.07 Å². The number of hydrogen-bond acceptors (Lipinski definition) is 4. The van der Waals surface area contributed by atoms with Crippen molar-refractivity contribution < 1.29 is 4.74 Å². The zero-order valence-corrected chi connectivity index (χ0v) is 11.1. The second kappa shape index (κ2) is 5.18. The van der Waals surface area contributed by atoms with E-state index in [2.05, 4.69) is 16.4 Å². The first-order chi connectivity index (χ1) is 9.30. The fourth-order valence-electron chi connectivity index (χ4n) is 3.31. The number of anilines is 1. The van der Waals surface area contributed by atoms with Crippen LogP contribution in [0.3, 0.4) is 0 Å². The Bertz CT molecular complexity index is 488. The van der Waals surface area contributed by atoms with E-state index in [1.807, 2.05) is 6.07 Å². The van der Waals surface area contributed by atoms with Crippen molar-refractivity contribution in [1.82, 2.24) is 4.98 Å². The highest BCUT2D eigenvalue weighted by atomic mass is 16.5. The van der Waals surface area contributed by atoms with Crippen molar-refractivity contribution in [2.75, 3.05) is 11.9 Å². The van der Waals surface area contributed by atoms with Crippen LogP contribution in [0.5, 0.6) is 0 Å². The number of nitriles is 1. The fourth-order valence-corrected chi connectivity index (χ4v) is 3.31. The van der Waals surface area contributed by atoms with E-state index in [4.69, 9.17) is 10.00 Å². The van der Waals surface area contributed by atoms with Crippen molar-refractivity contribution in [2.24, 2.45) is 0 Å². The van der Waals surface area contributed by atoms with E-state index in [9.17, 15) is 0 Å². The summed E-state index contributed by atoms with van der Waals surface area (Å²) in [6, 6.07) is 6.10. The molecule has 2 heterocycles. The molecule has 2 aliphatic rings. The molecule has 1 aromatic heterocycles. The van der Waals surface area contributed by atoms with Crippen molar-refractivity contribution in [3.05, 3.63) is 23.9 Å². The van der Waals surface area contributed by atoms with Gasteiger partial charge < -0.3 is 10.1 Å². The quantitative estimate of drug-likeness (QED) is 0.885. The molecular weight excluding hydrogens is 238 g/mol. The van der Waals surface area contributed by atoms with Crippen LogP contribution in [-0.2, 0) is 4.74 Å². The molecule has 3 rings (SSSR count). The molecule has 19 heavy (non-hydrogen) atoms. The number of ether oxygens (including phenoxy) is 1. The summed E-state index contributed by atoms with van der Waals surface area (Å²) in [7, 11) is 0. The zero-order chi connectivity index (χ0) is 13.1. The van der Waals surface area contributed by atoms with Gasteiger partial charge in [-0.15, -0.1) is 0 Å². The smallest absolute Gasteiger partial charge is 0.127 e. The van der Waals surface area contributed by atoms with E-state index in [0.29, 0.717) is 11.6 Å². The Balaban J connectivity index is 1.67. The first-order valence-electron chi connectivity index (χ1n) is 7.06. The van der Waals surface area contributed by atoms with Crippen LogP contribution >= 0.6 is 0 Å². The van der Waals surface area contributed by atoms with Gasteiger partial charge in [-0.05, 0) is 37.8 Å². The molecule has 1 atom stereocenters. The zero-order valence-electron chi connectivity index (χ0n) is 11.1. The normalized spacial score (nSPS) is 25.1. The van der Waals surface area contributed by atoms with E-state index in [1.165, 1.54) is 25.7 Å². The highest BCUT2D eigenvalue weighted by Gasteiger charge is 2.39. The van der Waals surface area contributed by atoms with Gasteiger partial charge in [-0.1, -0.05) is 12.8 Å². The van der Waals surface area contributed by atoms with Gasteiger partial charge in [0.1, 0.15) is 5.82 Å². The van der Waals surface area contributed by atoms with Gasteiger partial charge in [0.2, 0.25) is 0 Å². The molecule has 0 aromatic carbocycles. The van der Waals surface area contributed by atoms with Crippen LogP contribution < -0.4 is 5.32 Å². The summed E-state index contributed by atoms with van der Waals surface area (Å²) in [6.07, 6.45) is 8.72. The highest BCUT2D eigenvalue weighted by Crippen LogP contribution is 2.40. The summed E-state index contributed by atoms with van der Waals surface area (Å²) in [5, 5.41) is 12.4. The van der Waals surface area contributed by atoms with E-state index < -0.39 is 0 Å². The van der Waals surface area contributed by atoms with Crippen LogP contribution in [0.15, 0.2) is 18.3 Å². The average Bonchev–Trinajstić information content (AvgIpc) is 2.87. The van der Waals surface area contributed by atoms with Crippen LogP contribution in [0.2, 0.25) is 0 Å². The topological polar surface area (TPSA) is 57.9 Å². The maximum absolute atomic E-state index is 8.91. The largest absolute Gasteiger partial charge is 0.375 e. The van der Waals surface area contributed by atoms with Crippen molar-refractivity contribution >= 4 is 5.82 Å². The van der Waals surface area contributed by atoms with Crippen molar-refractivity contribution in [2.45, 2.75) is 50.2 Å². The SMILES string of the molecule is N#Cc1ccnc(N[C@H]2CCOC3(CCCC3)C2)c1. The molecule has 4 heteroatoms. The van der Waals surface area contributed by atoms with E-state index in [0.717, 1.165) is 25.3 Å². The number of nitrogens with one attached hydrogen (secondary N) is 1. The number of aromatic nitrogens is 1. The Morgan fingerprint density at radius 2 is 2.26 bits per heavy atom. The lowest BCUT2D eigenvalue weighted by atomic mass is 9.89. The van der Waals surface area contributed by atoms with E-state index in [1.54, 1.807) is 12.3 Å². The third-order valence-corrected chi connectivity index (χ3v) is 4.25. The van der Waals surface area contributed by atoms with Crippen LogP contribution in [0.1, 0.15) is 44.1 Å². The van der Waals surface area contributed by atoms with Gasteiger partial charge in [-0.3, -0.25) is 0 Å². The van der Waals surface area contributed by atoms with Crippen molar-refractivity contribution in [3.63, 3.8) is 0 Å². The molecular formula is C15H19N3O. The van der Waals surface area contributed by atoms with Crippen molar-refractivity contribution in [1.29, 1.82) is 5.26 Å². The van der Waals surface area contributed by atoms with Crippen LogP contribution in [0.4, 0.5) is 5.82 Å². The predicted octanol–water partition coefficient (Wildman–Crippen LogP) is 2.86. The van der Waals surface area contributed by atoms with E-state index in [-0.39, 0.29) is 5.60 Å². The molecule has 1 aliphatic heterocycles. The number of hydrogen-bond donors (Lipinski definition) is 1. The van der Waals surface area contributed by atoms with Gasteiger partial charge in [0, 0.05) is 18.8 Å².